The third-order valence-electron chi connectivity index (χ3n) is 0.847. The number of thiol groups is 1. The zero-order chi connectivity index (χ0) is 6.57. The molecule has 58 valence electrons. The van der Waals surface area contributed by atoms with E-state index in [1.165, 1.54) is 0 Å². The van der Waals surface area contributed by atoms with Gasteiger partial charge in [-0.3, -0.25) is 4.79 Å². The molecule has 1 N–H and O–H groups in total. The number of rotatable bonds is 3. The summed E-state index contributed by atoms with van der Waals surface area (Å²) in [5.41, 5.74) is 0. The van der Waals surface area contributed by atoms with Crippen LogP contribution in [0.1, 0.15) is 19.8 Å². The van der Waals surface area contributed by atoms with Crippen LogP contribution in [0.3, 0.4) is 0 Å². The maximum Gasteiger partial charge on any atom is 0.214 e. The number of aliphatic hydroxyl groups excluding tert-OH is 1. The molecule has 0 aliphatic carbocycles. The molecule has 0 spiro atoms. The largest absolute Gasteiger partial charge is 0.384 e. The van der Waals surface area contributed by atoms with Crippen LogP contribution in [0.5, 0.6) is 0 Å². The quantitative estimate of drug-likeness (QED) is 0.508. The van der Waals surface area contributed by atoms with Crippen molar-refractivity contribution in [3.8, 4) is 0 Å². The normalized spacial score (nSPS) is 11.9. The maximum atomic E-state index is 10.1. The molecule has 1 unspecified atom stereocenters. The Kier molecular flexibility index (Phi) is 8.92. The van der Waals surface area contributed by atoms with Crippen LogP contribution in [0.25, 0.3) is 0 Å². The fourth-order valence-corrected chi connectivity index (χ4v) is 0.526. The minimum absolute atomic E-state index is 0. The van der Waals surface area contributed by atoms with E-state index in [-0.39, 0.29) is 16.5 Å². The second-order valence-electron chi connectivity index (χ2n) is 1.64. The van der Waals surface area contributed by atoms with Crippen LogP contribution in [0.4, 0.5) is 0 Å². The Labute approximate surface area is 70.4 Å². The van der Waals surface area contributed by atoms with Crippen LogP contribution in [0.15, 0.2) is 0 Å². The Morgan fingerprint density at radius 1 is 1.78 bits per heavy atom. The Morgan fingerprint density at radius 2 is 2.22 bits per heavy atom. The van der Waals surface area contributed by atoms with E-state index >= 15 is 0 Å². The summed E-state index contributed by atoms with van der Waals surface area (Å²) in [6.45, 7) is 1.90. The standard InChI is InChI=1S/C5H10O2S.Ni/c1-2-3-4(6)5(7)8;/h4,6H,2-3H2,1H3,(H,7,8);. The van der Waals surface area contributed by atoms with Gasteiger partial charge in [-0.05, 0) is 6.42 Å². The number of carbonyl (C=O) groups excluding carboxylic acids is 1. The van der Waals surface area contributed by atoms with Gasteiger partial charge in [-0.1, -0.05) is 13.3 Å². The molecule has 0 radical (unpaired) electrons. The molecule has 0 aliphatic rings. The van der Waals surface area contributed by atoms with Crippen LogP contribution in [-0.4, -0.2) is 16.3 Å². The molecule has 9 heavy (non-hydrogen) atoms. The number of carbonyl (C=O) groups is 1. The van der Waals surface area contributed by atoms with E-state index in [4.69, 9.17) is 5.11 Å². The van der Waals surface area contributed by atoms with Crippen molar-refractivity contribution in [1.82, 2.24) is 0 Å². The van der Waals surface area contributed by atoms with Crippen molar-refractivity contribution in [2.24, 2.45) is 0 Å². The van der Waals surface area contributed by atoms with Gasteiger partial charge in [0, 0.05) is 16.5 Å². The van der Waals surface area contributed by atoms with Crippen molar-refractivity contribution in [3.63, 3.8) is 0 Å². The first kappa shape index (κ1) is 12.2. The summed E-state index contributed by atoms with van der Waals surface area (Å²) in [5, 5.41) is 8.26. The summed E-state index contributed by atoms with van der Waals surface area (Å²) in [7, 11) is 0. The second kappa shape index (κ2) is 6.59. The van der Waals surface area contributed by atoms with Crippen molar-refractivity contribution >= 4 is 17.7 Å². The van der Waals surface area contributed by atoms with E-state index in [1.54, 1.807) is 0 Å². The van der Waals surface area contributed by atoms with Gasteiger partial charge < -0.3 is 5.11 Å². The molecule has 0 aromatic carbocycles. The minimum Gasteiger partial charge on any atom is -0.384 e. The van der Waals surface area contributed by atoms with E-state index in [0.717, 1.165) is 6.42 Å². The Balaban J connectivity index is 0. The van der Waals surface area contributed by atoms with Crippen LogP contribution in [0, 0.1) is 0 Å². The van der Waals surface area contributed by atoms with Crippen LogP contribution in [-0.2, 0) is 21.3 Å². The number of hydrogen-bond acceptors (Lipinski definition) is 2. The van der Waals surface area contributed by atoms with Gasteiger partial charge in [-0.25, -0.2) is 0 Å². The summed E-state index contributed by atoms with van der Waals surface area (Å²) in [5.74, 6) is 0. The third-order valence-corrected chi connectivity index (χ3v) is 1.15. The third kappa shape index (κ3) is 6.36. The topological polar surface area (TPSA) is 37.3 Å². The Hall–Kier alpha value is 0.474. The molecule has 0 aromatic heterocycles. The van der Waals surface area contributed by atoms with Gasteiger partial charge in [0.2, 0.25) is 5.12 Å². The van der Waals surface area contributed by atoms with E-state index in [1.807, 2.05) is 6.92 Å². The van der Waals surface area contributed by atoms with Gasteiger partial charge in [0.25, 0.3) is 0 Å². The molecular formula is C5H10NiO2S. The zero-order valence-corrected chi connectivity index (χ0v) is 6.99. The minimum atomic E-state index is -0.858. The molecule has 4 heteroatoms. The molecule has 0 amide bonds. The molecule has 0 bridgehead atoms. The van der Waals surface area contributed by atoms with Crippen LogP contribution < -0.4 is 0 Å². The molecule has 0 heterocycles. The van der Waals surface area contributed by atoms with Crippen molar-refractivity contribution in [1.29, 1.82) is 0 Å². The SMILES string of the molecule is CCCC(O)C(=O)S.[Ni]. The van der Waals surface area contributed by atoms with Crippen molar-refractivity contribution in [2.75, 3.05) is 0 Å². The van der Waals surface area contributed by atoms with Crippen molar-refractivity contribution in [2.45, 2.75) is 25.9 Å². The second-order valence-corrected chi connectivity index (χ2v) is 2.08. The molecular weight excluding hydrogens is 183 g/mol. The van der Waals surface area contributed by atoms with E-state index in [2.05, 4.69) is 12.6 Å². The first-order valence-corrected chi connectivity index (χ1v) is 3.04. The summed E-state index contributed by atoms with van der Waals surface area (Å²) in [6.07, 6.45) is 0.471. The smallest absolute Gasteiger partial charge is 0.214 e. The summed E-state index contributed by atoms with van der Waals surface area (Å²) >= 11 is 3.44. The van der Waals surface area contributed by atoms with Crippen molar-refractivity contribution in [3.05, 3.63) is 0 Å². The molecule has 0 fully saturated rings. The fraction of sp³-hybridized carbons (Fsp3) is 0.800. The van der Waals surface area contributed by atoms with Gasteiger partial charge in [0.15, 0.2) is 0 Å². The first-order valence-electron chi connectivity index (χ1n) is 2.59. The van der Waals surface area contributed by atoms with E-state index < -0.39 is 11.2 Å². The van der Waals surface area contributed by atoms with Gasteiger partial charge in [0.05, 0.1) is 0 Å². The summed E-state index contributed by atoms with van der Waals surface area (Å²) in [6, 6.07) is 0. The molecule has 0 aromatic rings. The molecule has 0 rings (SSSR count). The average molecular weight is 193 g/mol. The van der Waals surface area contributed by atoms with E-state index in [0.29, 0.717) is 6.42 Å². The Bertz CT molecular complexity index is 87.0. The zero-order valence-electron chi connectivity index (χ0n) is 5.11. The fourth-order valence-electron chi connectivity index (χ4n) is 0.397. The molecule has 0 aliphatic heterocycles. The van der Waals surface area contributed by atoms with Gasteiger partial charge >= 0.3 is 0 Å². The van der Waals surface area contributed by atoms with Crippen LogP contribution >= 0.6 is 12.6 Å². The molecule has 0 saturated heterocycles. The molecule has 2 nitrogen and oxygen atoms in total. The predicted molar refractivity (Wildman–Crippen MR) is 34.9 cm³/mol. The van der Waals surface area contributed by atoms with E-state index in [9.17, 15) is 4.79 Å². The number of aliphatic hydroxyl groups is 1. The predicted octanol–water partition coefficient (Wildman–Crippen LogP) is 0.601. The van der Waals surface area contributed by atoms with Gasteiger partial charge in [-0.2, -0.15) is 0 Å². The summed E-state index contributed by atoms with van der Waals surface area (Å²) in [4.78, 5) is 10.1. The van der Waals surface area contributed by atoms with Gasteiger partial charge in [0.1, 0.15) is 6.10 Å². The Morgan fingerprint density at radius 3 is 2.33 bits per heavy atom. The monoisotopic (exact) mass is 192 g/mol. The molecule has 0 saturated carbocycles. The van der Waals surface area contributed by atoms with Crippen molar-refractivity contribution < 1.29 is 26.4 Å². The number of hydrogen-bond donors (Lipinski definition) is 2. The maximum absolute atomic E-state index is 10.1. The summed E-state index contributed by atoms with van der Waals surface area (Å²) < 4.78 is 0. The average Bonchev–Trinajstić information content (AvgIpc) is 1.67. The van der Waals surface area contributed by atoms with Crippen LogP contribution in [0.2, 0.25) is 0 Å². The molecule has 1 atom stereocenters. The first-order chi connectivity index (χ1) is 3.68. The van der Waals surface area contributed by atoms with Gasteiger partial charge in [-0.15, -0.1) is 12.6 Å².